The van der Waals surface area contributed by atoms with E-state index in [1.807, 2.05) is 11.3 Å². The van der Waals surface area contributed by atoms with Crippen LogP contribution in [0.25, 0.3) is 11.3 Å². The molecule has 0 radical (unpaired) electrons. The molecular formula is C21H26BrN3S2. The van der Waals surface area contributed by atoms with Gasteiger partial charge in [0, 0.05) is 40.0 Å². The number of hydrogen-bond donors (Lipinski definition) is 1. The van der Waals surface area contributed by atoms with Crippen LogP contribution in [0.1, 0.15) is 54.3 Å². The van der Waals surface area contributed by atoms with Gasteiger partial charge in [0.15, 0.2) is 5.11 Å². The normalized spacial score (nSPS) is 18.8. The van der Waals surface area contributed by atoms with Crippen LogP contribution in [0.15, 0.2) is 28.7 Å². The van der Waals surface area contributed by atoms with Crippen molar-refractivity contribution in [3.05, 3.63) is 38.6 Å². The summed E-state index contributed by atoms with van der Waals surface area (Å²) in [4.78, 5) is 8.70. The third-order valence-corrected chi connectivity index (χ3v) is 7.78. The maximum absolute atomic E-state index is 5.66. The molecule has 1 aromatic carbocycles. The SMILES string of the molecule is Cc1sc(C2CCN(C(=S)NC3CCCC3)CC2)nc1-c1ccc(Br)cc1. The molecule has 2 heterocycles. The molecule has 2 aliphatic rings. The van der Waals surface area contributed by atoms with Gasteiger partial charge in [-0.25, -0.2) is 4.98 Å². The number of likely N-dealkylation sites (tertiary alicyclic amines) is 1. The smallest absolute Gasteiger partial charge is 0.169 e. The molecule has 27 heavy (non-hydrogen) atoms. The molecule has 2 aromatic rings. The van der Waals surface area contributed by atoms with E-state index in [4.69, 9.17) is 17.2 Å². The molecule has 0 bridgehead atoms. The van der Waals surface area contributed by atoms with Crippen LogP contribution in [-0.4, -0.2) is 34.1 Å². The van der Waals surface area contributed by atoms with E-state index in [1.165, 1.54) is 41.1 Å². The van der Waals surface area contributed by atoms with E-state index in [9.17, 15) is 0 Å². The van der Waals surface area contributed by atoms with Crippen LogP contribution in [0.5, 0.6) is 0 Å². The summed E-state index contributed by atoms with van der Waals surface area (Å²) in [6.45, 7) is 4.26. The number of benzene rings is 1. The summed E-state index contributed by atoms with van der Waals surface area (Å²) in [7, 11) is 0. The number of rotatable bonds is 3. The highest BCUT2D eigenvalue weighted by Crippen LogP contribution is 2.36. The number of nitrogens with zero attached hydrogens (tertiary/aromatic N) is 2. The predicted molar refractivity (Wildman–Crippen MR) is 122 cm³/mol. The Kier molecular flexibility index (Phi) is 6.15. The van der Waals surface area contributed by atoms with Gasteiger partial charge in [-0.1, -0.05) is 40.9 Å². The van der Waals surface area contributed by atoms with E-state index in [2.05, 4.69) is 57.3 Å². The summed E-state index contributed by atoms with van der Waals surface area (Å²) < 4.78 is 1.11. The quantitative estimate of drug-likeness (QED) is 0.575. The summed E-state index contributed by atoms with van der Waals surface area (Å²) in [5, 5.41) is 5.84. The van der Waals surface area contributed by atoms with E-state index in [0.29, 0.717) is 12.0 Å². The number of nitrogens with one attached hydrogen (secondary N) is 1. The highest BCUT2D eigenvalue weighted by atomic mass is 79.9. The van der Waals surface area contributed by atoms with E-state index in [-0.39, 0.29) is 0 Å². The Hall–Kier alpha value is -0.980. The first-order valence-corrected chi connectivity index (χ1v) is 11.9. The Morgan fingerprint density at radius 2 is 1.81 bits per heavy atom. The van der Waals surface area contributed by atoms with Gasteiger partial charge in [-0.3, -0.25) is 0 Å². The summed E-state index contributed by atoms with van der Waals surface area (Å²) in [5.41, 5.74) is 2.35. The summed E-state index contributed by atoms with van der Waals surface area (Å²) >= 11 is 11.0. The van der Waals surface area contributed by atoms with Crippen molar-refractivity contribution < 1.29 is 0 Å². The fourth-order valence-corrected chi connectivity index (χ4v) is 5.86. The molecule has 1 N–H and O–H groups in total. The number of thiocarbonyl (C=S) groups is 1. The number of thiazole rings is 1. The minimum atomic E-state index is 0.559. The zero-order valence-electron chi connectivity index (χ0n) is 15.7. The monoisotopic (exact) mass is 463 g/mol. The molecule has 0 unspecified atom stereocenters. The molecule has 0 atom stereocenters. The van der Waals surface area contributed by atoms with Gasteiger partial charge >= 0.3 is 0 Å². The van der Waals surface area contributed by atoms with Crippen LogP contribution in [0.4, 0.5) is 0 Å². The number of aryl methyl sites for hydroxylation is 1. The molecule has 6 heteroatoms. The lowest BCUT2D eigenvalue weighted by Gasteiger charge is -2.34. The molecule has 1 saturated heterocycles. The van der Waals surface area contributed by atoms with E-state index in [0.717, 1.165) is 41.2 Å². The molecule has 1 aromatic heterocycles. The average molecular weight is 464 g/mol. The van der Waals surface area contributed by atoms with Crippen molar-refractivity contribution in [1.82, 2.24) is 15.2 Å². The van der Waals surface area contributed by atoms with Gasteiger partial charge in [-0.05, 0) is 57.0 Å². The molecule has 0 amide bonds. The molecule has 144 valence electrons. The molecular weight excluding hydrogens is 438 g/mol. The van der Waals surface area contributed by atoms with Crippen LogP contribution in [-0.2, 0) is 0 Å². The van der Waals surface area contributed by atoms with Gasteiger partial charge in [0.25, 0.3) is 0 Å². The first-order valence-electron chi connectivity index (χ1n) is 9.89. The second kappa shape index (κ2) is 8.58. The van der Waals surface area contributed by atoms with Crippen molar-refractivity contribution in [2.24, 2.45) is 0 Å². The van der Waals surface area contributed by atoms with Gasteiger partial charge in [-0.15, -0.1) is 11.3 Å². The Morgan fingerprint density at radius 1 is 1.15 bits per heavy atom. The predicted octanol–water partition coefficient (Wildman–Crippen LogP) is 5.88. The lowest BCUT2D eigenvalue weighted by molar-refractivity contribution is 0.306. The zero-order chi connectivity index (χ0) is 18.8. The van der Waals surface area contributed by atoms with E-state index < -0.39 is 0 Å². The van der Waals surface area contributed by atoms with Crippen LogP contribution in [0, 0.1) is 6.92 Å². The summed E-state index contributed by atoms with van der Waals surface area (Å²) in [5.74, 6) is 0.559. The maximum atomic E-state index is 5.66. The molecule has 0 spiro atoms. The van der Waals surface area contributed by atoms with E-state index >= 15 is 0 Å². The molecule has 1 saturated carbocycles. The first kappa shape index (κ1) is 19.3. The van der Waals surface area contributed by atoms with Crippen molar-refractivity contribution in [3.63, 3.8) is 0 Å². The lowest BCUT2D eigenvalue weighted by Crippen LogP contribution is -2.46. The highest BCUT2D eigenvalue weighted by molar-refractivity contribution is 9.10. The number of piperidine rings is 1. The third kappa shape index (κ3) is 4.54. The number of aromatic nitrogens is 1. The molecule has 4 rings (SSSR count). The largest absolute Gasteiger partial charge is 0.360 e. The Morgan fingerprint density at radius 3 is 2.48 bits per heavy atom. The van der Waals surface area contributed by atoms with Crippen molar-refractivity contribution in [2.75, 3.05) is 13.1 Å². The van der Waals surface area contributed by atoms with Crippen molar-refractivity contribution in [3.8, 4) is 11.3 Å². The minimum absolute atomic E-state index is 0.559. The fourth-order valence-electron chi connectivity index (χ4n) is 4.13. The Balaban J connectivity index is 1.37. The van der Waals surface area contributed by atoms with Gasteiger partial charge in [-0.2, -0.15) is 0 Å². The Bertz CT molecular complexity index is 788. The standard InChI is InChI=1S/C21H26BrN3S2/c1-14-19(15-6-8-17(22)9-7-15)24-20(27-14)16-10-12-25(13-11-16)21(26)23-18-4-2-3-5-18/h6-9,16,18H,2-5,10-13H2,1H3,(H,23,26). The summed E-state index contributed by atoms with van der Waals surface area (Å²) in [6.07, 6.45) is 7.50. The average Bonchev–Trinajstić information content (AvgIpc) is 3.32. The van der Waals surface area contributed by atoms with Crippen LogP contribution >= 0.6 is 39.5 Å². The first-order chi connectivity index (χ1) is 13.1. The third-order valence-electron chi connectivity index (χ3n) is 5.74. The summed E-state index contributed by atoms with van der Waals surface area (Å²) in [6, 6.07) is 9.07. The van der Waals surface area contributed by atoms with Crippen LogP contribution in [0.3, 0.4) is 0 Å². The maximum Gasteiger partial charge on any atom is 0.169 e. The lowest BCUT2D eigenvalue weighted by atomic mass is 9.98. The second-order valence-corrected chi connectivity index (χ2v) is 10.2. The van der Waals surface area contributed by atoms with Gasteiger partial charge in [0.1, 0.15) is 0 Å². The topological polar surface area (TPSA) is 28.2 Å². The fraction of sp³-hybridized carbons (Fsp3) is 0.524. The number of halogens is 1. The molecule has 3 nitrogen and oxygen atoms in total. The highest BCUT2D eigenvalue weighted by Gasteiger charge is 2.26. The molecule has 1 aliphatic carbocycles. The van der Waals surface area contributed by atoms with Crippen molar-refractivity contribution >= 4 is 44.6 Å². The molecule has 1 aliphatic heterocycles. The second-order valence-electron chi connectivity index (χ2n) is 7.66. The Labute approximate surface area is 179 Å². The van der Waals surface area contributed by atoms with Crippen LogP contribution < -0.4 is 5.32 Å². The minimum Gasteiger partial charge on any atom is -0.360 e. The number of hydrogen-bond acceptors (Lipinski definition) is 3. The van der Waals surface area contributed by atoms with Gasteiger partial charge in [0.2, 0.25) is 0 Å². The van der Waals surface area contributed by atoms with Gasteiger partial charge < -0.3 is 10.2 Å². The van der Waals surface area contributed by atoms with Gasteiger partial charge in [0.05, 0.1) is 10.7 Å². The van der Waals surface area contributed by atoms with Crippen molar-refractivity contribution in [1.29, 1.82) is 0 Å². The van der Waals surface area contributed by atoms with E-state index in [1.54, 1.807) is 0 Å². The van der Waals surface area contributed by atoms with Crippen molar-refractivity contribution in [2.45, 2.75) is 57.4 Å². The van der Waals surface area contributed by atoms with Crippen LogP contribution in [0.2, 0.25) is 0 Å². The molecule has 2 fully saturated rings. The zero-order valence-corrected chi connectivity index (χ0v) is 18.9.